The van der Waals surface area contributed by atoms with Crippen LogP contribution < -0.4 is 5.32 Å². The van der Waals surface area contributed by atoms with Crippen LogP contribution in [0.4, 0.5) is 5.69 Å². The van der Waals surface area contributed by atoms with E-state index < -0.39 is 0 Å². The number of nitrogens with zero attached hydrogens (tertiary/aromatic N) is 2. The lowest BCUT2D eigenvalue weighted by atomic mass is 9.92. The summed E-state index contributed by atoms with van der Waals surface area (Å²) in [5.41, 5.74) is 5.39. The van der Waals surface area contributed by atoms with E-state index in [1.54, 1.807) is 0 Å². The number of benzene rings is 1. The van der Waals surface area contributed by atoms with Crippen LogP contribution in [0, 0.1) is 0 Å². The van der Waals surface area contributed by atoms with Crippen molar-refractivity contribution in [3.63, 3.8) is 0 Å². The first kappa shape index (κ1) is 14.2. The summed E-state index contributed by atoms with van der Waals surface area (Å²) in [6, 6.07) is 9.34. The molecule has 0 radical (unpaired) electrons. The minimum Gasteiger partial charge on any atom is -0.378 e. The zero-order valence-electron chi connectivity index (χ0n) is 13.3. The lowest BCUT2D eigenvalue weighted by molar-refractivity contribution is 0.571. The van der Waals surface area contributed by atoms with Crippen LogP contribution in [0.25, 0.3) is 0 Å². The van der Waals surface area contributed by atoms with Crippen molar-refractivity contribution in [1.82, 2.24) is 9.78 Å². The number of hydrogen-bond donors (Lipinski definition) is 1. The fraction of sp³-hybridized carbons (Fsp3) is 0.500. The molecule has 3 heteroatoms. The first-order valence-electron chi connectivity index (χ1n) is 8.06. The normalized spacial score (nSPS) is 19.1. The molecular formula is C18H25N3. The molecule has 1 aromatic heterocycles. The lowest BCUT2D eigenvalue weighted by Gasteiger charge is -2.25. The minimum atomic E-state index is 0.400. The standard InChI is InChI=1S/C18H25N3/c1-4-13(2)14-8-10-15(11-9-14)20-17-6-5-7-18-16(17)12-19-21(18)3/h8-13,17,20H,4-7H2,1-3H3. The van der Waals surface area contributed by atoms with E-state index in [4.69, 9.17) is 0 Å². The lowest BCUT2D eigenvalue weighted by Crippen LogP contribution is -2.17. The van der Waals surface area contributed by atoms with Gasteiger partial charge in [-0.1, -0.05) is 26.0 Å². The zero-order chi connectivity index (χ0) is 14.8. The molecule has 0 bridgehead atoms. The number of rotatable bonds is 4. The largest absolute Gasteiger partial charge is 0.378 e. The number of nitrogens with one attached hydrogen (secondary N) is 1. The van der Waals surface area contributed by atoms with Gasteiger partial charge in [0, 0.05) is 24.0 Å². The second kappa shape index (κ2) is 5.92. The van der Waals surface area contributed by atoms with E-state index in [-0.39, 0.29) is 0 Å². The second-order valence-corrected chi connectivity index (χ2v) is 6.19. The number of fused-ring (bicyclic) bond motifs is 1. The Kier molecular flexibility index (Phi) is 4.00. The van der Waals surface area contributed by atoms with Gasteiger partial charge in [-0.05, 0) is 49.3 Å². The molecule has 1 aliphatic carbocycles. The van der Waals surface area contributed by atoms with Gasteiger partial charge in [0.25, 0.3) is 0 Å². The SMILES string of the molecule is CCC(C)c1ccc(NC2CCCc3c2cnn3C)cc1. The maximum atomic E-state index is 4.42. The molecule has 0 spiro atoms. The molecule has 2 aromatic rings. The molecule has 3 rings (SSSR count). The van der Waals surface area contributed by atoms with Gasteiger partial charge in [-0.2, -0.15) is 5.10 Å². The summed E-state index contributed by atoms with van der Waals surface area (Å²) in [6.07, 6.45) is 6.78. The van der Waals surface area contributed by atoms with Crippen molar-refractivity contribution in [3.05, 3.63) is 47.3 Å². The molecule has 1 aliphatic rings. The summed E-state index contributed by atoms with van der Waals surface area (Å²) in [7, 11) is 2.04. The maximum Gasteiger partial charge on any atom is 0.0547 e. The second-order valence-electron chi connectivity index (χ2n) is 6.19. The number of aromatic nitrogens is 2. The van der Waals surface area contributed by atoms with Crippen molar-refractivity contribution < 1.29 is 0 Å². The summed E-state index contributed by atoms with van der Waals surface area (Å²) in [5.74, 6) is 0.638. The van der Waals surface area contributed by atoms with Gasteiger partial charge >= 0.3 is 0 Å². The van der Waals surface area contributed by atoms with Crippen LogP contribution in [0.2, 0.25) is 0 Å². The average Bonchev–Trinajstić information content (AvgIpc) is 2.90. The third kappa shape index (κ3) is 2.82. The van der Waals surface area contributed by atoms with Crippen molar-refractivity contribution in [3.8, 4) is 0 Å². The quantitative estimate of drug-likeness (QED) is 0.900. The fourth-order valence-electron chi connectivity index (χ4n) is 3.20. The third-order valence-electron chi connectivity index (χ3n) is 4.81. The molecule has 0 fully saturated rings. The molecule has 1 heterocycles. The highest BCUT2D eigenvalue weighted by Crippen LogP contribution is 2.32. The van der Waals surface area contributed by atoms with Crippen molar-refractivity contribution in [2.45, 2.75) is 51.5 Å². The highest BCUT2D eigenvalue weighted by Gasteiger charge is 2.23. The van der Waals surface area contributed by atoms with Crippen LogP contribution in [0.5, 0.6) is 0 Å². The molecule has 0 aliphatic heterocycles. The van der Waals surface area contributed by atoms with Gasteiger partial charge in [-0.15, -0.1) is 0 Å². The van der Waals surface area contributed by atoms with Gasteiger partial charge in [0.05, 0.1) is 12.2 Å². The number of hydrogen-bond acceptors (Lipinski definition) is 2. The van der Waals surface area contributed by atoms with Crippen LogP contribution in [0.3, 0.4) is 0 Å². The Labute approximate surface area is 127 Å². The topological polar surface area (TPSA) is 29.9 Å². The van der Waals surface area contributed by atoms with Gasteiger partial charge in [0.2, 0.25) is 0 Å². The Bertz CT molecular complexity index is 597. The van der Waals surface area contributed by atoms with Gasteiger partial charge < -0.3 is 5.32 Å². The Morgan fingerprint density at radius 2 is 2.10 bits per heavy atom. The Morgan fingerprint density at radius 1 is 1.33 bits per heavy atom. The van der Waals surface area contributed by atoms with E-state index in [1.165, 1.54) is 41.8 Å². The van der Waals surface area contributed by atoms with Crippen molar-refractivity contribution in [2.24, 2.45) is 7.05 Å². The highest BCUT2D eigenvalue weighted by atomic mass is 15.3. The van der Waals surface area contributed by atoms with Crippen molar-refractivity contribution in [1.29, 1.82) is 0 Å². The van der Waals surface area contributed by atoms with Gasteiger partial charge in [0.15, 0.2) is 0 Å². The Balaban J connectivity index is 1.75. The Hall–Kier alpha value is -1.77. The summed E-state index contributed by atoms with van der Waals surface area (Å²) < 4.78 is 2.02. The highest BCUT2D eigenvalue weighted by molar-refractivity contribution is 5.48. The summed E-state index contributed by atoms with van der Waals surface area (Å²) in [6.45, 7) is 4.52. The molecule has 0 saturated heterocycles. The van der Waals surface area contributed by atoms with E-state index in [9.17, 15) is 0 Å². The van der Waals surface area contributed by atoms with Crippen LogP contribution in [0.1, 0.15) is 61.9 Å². The number of anilines is 1. The van der Waals surface area contributed by atoms with Crippen molar-refractivity contribution >= 4 is 5.69 Å². The zero-order valence-corrected chi connectivity index (χ0v) is 13.3. The average molecular weight is 283 g/mol. The monoisotopic (exact) mass is 283 g/mol. The van der Waals surface area contributed by atoms with Crippen LogP contribution in [-0.2, 0) is 13.5 Å². The van der Waals surface area contributed by atoms with E-state index in [0.29, 0.717) is 12.0 Å². The molecule has 1 aromatic carbocycles. The molecule has 112 valence electrons. The van der Waals surface area contributed by atoms with E-state index >= 15 is 0 Å². The molecule has 21 heavy (non-hydrogen) atoms. The van der Waals surface area contributed by atoms with Crippen LogP contribution in [-0.4, -0.2) is 9.78 Å². The van der Waals surface area contributed by atoms with Crippen molar-refractivity contribution in [2.75, 3.05) is 5.32 Å². The van der Waals surface area contributed by atoms with Gasteiger partial charge in [0.1, 0.15) is 0 Å². The molecule has 0 amide bonds. The Morgan fingerprint density at radius 3 is 2.81 bits per heavy atom. The molecule has 0 saturated carbocycles. The minimum absolute atomic E-state index is 0.400. The van der Waals surface area contributed by atoms with E-state index in [2.05, 4.69) is 48.5 Å². The first-order chi connectivity index (χ1) is 10.2. The predicted molar refractivity (Wildman–Crippen MR) is 87.7 cm³/mol. The van der Waals surface area contributed by atoms with Gasteiger partial charge in [-0.25, -0.2) is 0 Å². The molecule has 3 nitrogen and oxygen atoms in total. The molecule has 2 unspecified atom stereocenters. The van der Waals surface area contributed by atoms with E-state index in [0.717, 1.165) is 6.42 Å². The maximum absolute atomic E-state index is 4.42. The fourth-order valence-corrected chi connectivity index (χ4v) is 3.20. The summed E-state index contributed by atoms with van der Waals surface area (Å²) >= 11 is 0. The first-order valence-corrected chi connectivity index (χ1v) is 8.06. The van der Waals surface area contributed by atoms with Crippen LogP contribution >= 0.6 is 0 Å². The summed E-state index contributed by atoms with van der Waals surface area (Å²) in [5, 5.41) is 8.10. The predicted octanol–water partition coefficient (Wildman–Crippen LogP) is 4.42. The summed E-state index contributed by atoms with van der Waals surface area (Å²) in [4.78, 5) is 0. The van der Waals surface area contributed by atoms with Crippen LogP contribution in [0.15, 0.2) is 30.5 Å². The van der Waals surface area contributed by atoms with Gasteiger partial charge in [-0.3, -0.25) is 4.68 Å². The molecule has 2 atom stereocenters. The van der Waals surface area contributed by atoms with E-state index in [1.807, 2.05) is 17.9 Å². The smallest absolute Gasteiger partial charge is 0.0547 e. The third-order valence-corrected chi connectivity index (χ3v) is 4.81. The molecule has 1 N–H and O–H groups in total. The molecular weight excluding hydrogens is 258 g/mol. The number of aryl methyl sites for hydroxylation is 1.